The monoisotopic (exact) mass is 290 g/mol. The van der Waals surface area contributed by atoms with Crippen molar-refractivity contribution in [3.05, 3.63) is 69.8 Å². The minimum Gasteiger partial charge on any atom is -0.0587 e. The molecule has 0 heterocycles. The van der Waals surface area contributed by atoms with Crippen LogP contribution >= 0.6 is 0 Å². The van der Waals surface area contributed by atoms with Crippen LogP contribution in [0.15, 0.2) is 36.4 Å². The number of benzene rings is 2. The lowest BCUT2D eigenvalue weighted by Crippen LogP contribution is -2.05. The van der Waals surface area contributed by atoms with E-state index in [1.807, 2.05) is 0 Å². The molecular weight excluding hydrogens is 264 g/mol. The molecule has 2 aliphatic carbocycles. The van der Waals surface area contributed by atoms with Gasteiger partial charge in [0.15, 0.2) is 0 Å². The van der Waals surface area contributed by atoms with Crippen molar-refractivity contribution < 1.29 is 0 Å². The average molecular weight is 290 g/mol. The summed E-state index contributed by atoms with van der Waals surface area (Å²) >= 11 is 0. The molecule has 0 amide bonds. The summed E-state index contributed by atoms with van der Waals surface area (Å²) in [5, 5.41) is 0. The first-order valence-corrected chi connectivity index (χ1v) is 9.10. The minimum atomic E-state index is 1.19. The lowest BCUT2D eigenvalue weighted by atomic mass is 9.88. The zero-order valence-corrected chi connectivity index (χ0v) is 13.5. The Hall–Kier alpha value is -1.56. The Kier molecular flexibility index (Phi) is 4.01. The predicted molar refractivity (Wildman–Crippen MR) is 93.6 cm³/mol. The third-order valence-electron chi connectivity index (χ3n) is 5.53. The lowest BCUT2D eigenvalue weighted by molar-refractivity contribution is 0.682. The Morgan fingerprint density at radius 2 is 0.909 bits per heavy atom. The van der Waals surface area contributed by atoms with Crippen LogP contribution in [-0.2, 0) is 38.5 Å². The van der Waals surface area contributed by atoms with Crippen LogP contribution in [0.2, 0.25) is 0 Å². The molecule has 0 heteroatoms. The molecule has 4 rings (SSSR count). The van der Waals surface area contributed by atoms with Crippen LogP contribution in [0, 0.1) is 0 Å². The van der Waals surface area contributed by atoms with Crippen LogP contribution in [0.5, 0.6) is 0 Å². The first kappa shape index (κ1) is 14.1. The van der Waals surface area contributed by atoms with E-state index in [1.54, 1.807) is 22.3 Å². The predicted octanol–water partition coefficient (Wildman–Crippen LogP) is 5.23. The van der Waals surface area contributed by atoms with Gasteiger partial charge in [-0.25, -0.2) is 0 Å². The van der Waals surface area contributed by atoms with Gasteiger partial charge in [0.1, 0.15) is 0 Å². The first-order valence-electron chi connectivity index (χ1n) is 9.10. The summed E-state index contributed by atoms with van der Waals surface area (Å²) in [5.41, 5.74) is 9.49. The molecule has 0 saturated carbocycles. The van der Waals surface area contributed by atoms with Crippen molar-refractivity contribution in [1.29, 1.82) is 0 Å². The maximum atomic E-state index is 2.48. The van der Waals surface area contributed by atoms with Gasteiger partial charge in [-0.05, 0) is 97.6 Å². The van der Waals surface area contributed by atoms with Crippen molar-refractivity contribution in [2.75, 3.05) is 0 Å². The van der Waals surface area contributed by atoms with Crippen molar-refractivity contribution in [1.82, 2.24) is 0 Å². The summed E-state index contributed by atoms with van der Waals surface area (Å²) < 4.78 is 0. The second-order valence-corrected chi connectivity index (χ2v) is 7.12. The van der Waals surface area contributed by atoms with E-state index < -0.39 is 0 Å². The van der Waals surface area contributed by atoms with E-state index in [0.717, 1.165) is 0 Å². The Labute approximate surface area is 134 Å². The van der Waals surface area contributed by atoms with Crippen molar-refractivity contribution in [3.8, 4) is 0 Å². The maximum absolute atomic E-state index is 2.48. The van der Waals surface area contributed by atoms with Crippen LogP contribution in [0.3, 0.4) is 0 Å². The van der Waals surface area contributed by atoms with Crippen LogP contribution in [0.4, 0.5) is 0 Å². The second-order valence-electron chi connectivity index (χ2n) is 7.12. The molecule has 0 radical (unpaired) electrons. The molecule has 22 heavy (non-hydrogen) atoms. The highest BCUT2D eigenvalue weighted by atomic mass is 14.2. The average Bonchev–Trinajstić information content (AvgIpc) is 2.59. The highest BCUT2D eigenvalue weighted by Crippen LogP contribution is 2.25. The van der Waals surface area contributed by atoms with Gasteiger partial charge in [-0.1, -0.05) is 36.4 Å². The van der Waals surface area contributed by atoms with Gasteiger partial charge in [0.25, 0.3) is 0 Å². The van der Waals surface area contributed by atoms with E-state index in [4.69, 9.17) is 0 Å². The SMILES string of the molecule is c1cc2c(cc1CCc1ccc3c(c1)CCCC3)CCCC2. The van der Waals surface area contributed by atoms with E-state index in [2.05, 4.69) is 36.4 Å². The van der Waals surface area contributed by atoms with Crippen molar-refractivity contribution in [2.45, 2.75) is 64.2 Å². The van der Waals surface area contributed by atoms with Gasteiger partial charge in [-0.15, -0.1) is 0 Å². The largest absolute Gasteiger partial charge is 0.0587 e. The molecule has 0 N–H and O–H groups in total. The van der Waals surface area contributed by atoms with Gasteiger partial charge in [0.2, 0.25) is 0 Å². The third-order valence-corrected chi connectivity index (χ3v) is 5.53. The Bertz CT molecular complexity index is 606. The van der Waals surface area contributed by atoms with Gasteiger partial charge in [-0.3, -0.25) is 0 Å². The normalized spacial score (nSPS) is 16.9. The maximum Gasteiger partial charge on any atom is -0.0238 e. The summed E-state index contributed by atoms with van der Waals surface area (Å²) in [6, 6.07) is 14.5. The van der Waals surface area contributed by atoms with E-state index in [-0.39, 0.29) is 0 Å². The molecule has 0 saturated heterocycles. The fourth-order valence-electron chi connectivity index (χ4n) is 4.17. The number of rotatable bonds is 3. The molecule has 0 nitrogen and oxygen atoms in total. The zero-order chi connectivity index (χ0) is 14.8. The molecule has 0 atom stereocenters. The van der Waals surface area contributed by atoms with Crippen LogP contribution in [0.1, 0.15) is 59.1 Å². The van der Waals surface area contributed by atoms with Crippen molar-refractivity contribution >= 4 is 0 Å². The number of hydrogen-bond acceptors (Lipinski definition) is 0. The molecule has 0 unspecified atom stereocenters. The van der Waals surface area contributed by atoms with Gasteiger partial charge in [-0.2, -0.15) is 0 Å². The lowest BCUT2D eigenvalue weighted by Gasteiger charge is -2.18. The summed E-state index contributed by atoms with van der Waals surface area (Å²) in [5.74, 6) is 0. The minimum absolute atomic E-state index is 1.19. The zero-order valence-electron chi connectivity index (χ0n) is 13.5. The van der Waals surface area contributed by atoms with E-state index in [9.17, 15) is 0 Å². The highest BCUT2D eigenvalue weighted by Gasteiger charge is 2.11. The number of aryl methyl sites for hydroxylation is 6. The number of hydrogen-bond donors (Lipinski definition) is 0. The topological polar surface area (TPSA) is 0 Å². The first-order chi connectivity index (χ1) is 10.9. The fraction of sp³-hybridized carbons (Fsp3) is 0.455. The van der Waals surface area contributed by atoms with Crippen molar-refractivity contribution in [3.63, 3.8) is 0 Å². The highest BCUT2D eigenvalue weighted by molar-refractivity contribution is 5.36. The molecule has 0 fully saturated rings. The molecule has 0 spiro atoms. The van der Waals surface area contributed by atoms with Crippen LogP contribution in [-0.4, -0.2) is 0 Å². The van der Waals surface area contributed by atoms with E-state index in [0.29, 0.717) is 0 Å². The van der Waals surface area contributed by atoms with Crippen LogP contribution < -0.4 is 0 Å². The quantitative estimate of drug-likeness (QED) is 0.726. The van der Waals surface area contributed by atoms with E-state index >= 15 is 0 Å². The van der Waals surface area contributed by atoms with Gasteiger partial charge < -0.3 is 0 Å². The standard InChI is InChI=1S/C22H26/c1-3-7-21-15-17(11-13-19(21)5-1)9-10-18-12-14-20-6-2-4-8-22(20)16-18/h11-16H,1-10H2. The molecular formula is C22H26. The van der Waals surface area contributed by atoms with Crippen molar-refractivity contribution in [2.24, 2.45) is 0 Å². The van der Waals surface area contributed by atoms with Gasteiger partial charge in [0, 0.05) is 0 Å². The summed E-state index contributed by atoms with van der Waals surface area (Å²) in [6.45, 7) is 0. The molecule has 0 aliphatic heterocycles. The van der Waals surface area contributed by atoms with Gasteiger partial charge in [0.05, 0.1) is 0 Å². The number of fused-ring (bicyclic) bond motifs is 2. The molecule has 0 aromatic heterocycles. The molecule has 2 aliphatic rings. The van der Waals surface area contributed by atoms with Crippen LogP contribution in [0.25, 0.3) is 0 Å². The molecule has 2 aromatic rings. The fourth-order valence-corrected chi connectivity index (χ4v) is 4.17. The summed E-state index contributed by atoms with van der Waals surface area (Å²) in [6.07, 6.45) is 13.1. The Balaban J connectivity index is 1.46. The van der Waals surface area contributed by atoms with E-state index in [1.165, 1.54) is 75.3 Å². The second kappa shape index (κ2) is 6.28. The molecule has 2 aromatic carbocycles. The Morgan fingerprint density at radius 1 is 0.500 bits per heavy atom. The molecule has 0 bridgehead atoms. The smallest absolute Gasteiger partial charge is 0.0238 e. The summed E-state index contributed by atoms with van der Waals surface area (Å²) in [7, 11) is 0. The summed E-state index contributed by atoms with van der Waals surface area (Å²) in [4.78, 5) is 0. The van der Waals surface area contributed by atoms with Gasteiger partial charge >= 0.3 is 0 Å². The third kappa shape index (κ3) is 2.97. The Morgan fingerprint density at radius 3 is 1.36 bits per heavy atom. The molecule has 114 valence electrons.